The van der Waals surface area contributed by atoms with Crippen LogP contribution in [0.2, 0.25) is 0 Å². The van der Waals surface area contributed by atoms with E-state index < -0.39 is 0 Å². The average Bonchev–Trinajstić information content (AvgIpc) is 2.53. The SMILES string of the molecule is COc1cc(OC)nc(NCC2(CO)CCCCC2)n1. The first-order valence-corrected chi connectivity index (χ1v) is 7.03. The molecule has 6 heteroatoms. The monoisotopic (exact) mass is 281 g/mol. The molecule has 0 unspecified atom stereocenters. The number of nitrogens with zero attached hydrogens (tertiary/aromatic N) is 2. The topological polar surface area (TPSA) is 76.5 Å². The lowest BCUT2D eigenvalue weighted by Crippen LogP contribution is -2.36. The van der Waals surface area contributed by atoms with Crippen LogP contribution in [0.3, 0.4) is 0 Å². The van der Waals surface area contributed by atoms with Crippen LogP contribution in [0, 0.1) is 5.41 Å². The molecule has 6 nitrogen and oxygen atoms in total. The highest BCUT2D eigenvalue weighted by atomic mass is 16.5. The predicted octanol–water partition coefficient (Wildman–Crippen LogP) is 1.85. The number of ether oxygens (including phenoxy) is 2. The minimum Gasteiger partial charge on any atom is -0.481 e. The second-order valence-corrected chi connectivity index (χ2v) is 5.35. The zero-order valence-electron chi connectivity index (χ0n) is 12.2. The number of hydrogen-bond acceptors (Lipinski definition) is 6. The summed E-state index contributed by atoms with van der Waals surface area (Å²) in [5.41, 5.74) is -0.0576. The Kier molecular flexibility index (Phi) is 5.00. The van der Waals surface area contributed by atoms with Gasteiger partial charge < -0.3 is 19.9 Å². The molecule has 0 aliphatic heterocycles. The van der Waals surface area contributed by atoms with Gasteiger partial charge in [-0.3, -0.25) is 0 Å². The number of aromatic nitrogens is 2. The molecular formula is C14H23N3O3. The Bertz CT molecular complexity index is 411. The number of aliphatic hydroxyl groups is 1. The van der Waals surface area contributed by atoms with Gasteiger partial charge >= 0.3 is 0 Å². The molecule has 0 radical (unpaired) electrons. The third kappa shape index (κ3) is 3.50. The zero-order valence-corrected chi connectivity index (χ0v) is 12.2. The van der Waals surface area contributed by atoms with E-state index in [1.807, 2.05) is 0 Å². The van der Waals surface area contributed by atoms with Gasteiger partial charge in [0.1, 0.15) is 0 Å². The number of rotatable bonds is 6. The largest absolute Gasteiger partial charge is 0.481 e. The molecule has 2 N–H and O–H groups in total. The van der Waals surface area contributed by atoms with Gasteiger partial charge in [-0.05, 0) is 12.8 Å². The minimum atomic E-state index is -0.0576. The lowest BCUT2D eigenvalue weighted by molar-refractivity contribution is 0.0942. The molecule has 0 atom stereocenters. The van der Waals surface area contributed by atoms with Gasteiger partial charge in [-0.1, -0.05) is 19.3 Å². The molecule has 1 aliphatic rings. The molecule has 20 heavy (non-hydrogen) atoms. The fourth-order valence-electron chi connectivity index (χ4n) is 2.65. The zero-order chi connectivity index (χ0) is 14.4. The van der Waals surface area contributed by atoms with E-state index in [4.69, 9.17) is 9.47 Å². The fourth-order valence-corrected chi connectivity index (χ4v) is 2.65. The predicted molar refractivity (Wildman–Crippen MR) is 76.2 cm³/mol. The van der Waals surface area contributed by atoms with Crippen molar-refractivity contribution in [2.45, 2.75) is 32.1 Å². The van der Waals surface area contributed by atoms with Crippen LogP contribution in [0.15, 0.2) is 6.07 Å². The van der Waals surface area contributed by atoms with Crippen molar-refractivity contribution in [3.8, 4) is 11.8 Å². The maximum absolute atomic E-state index is 9.69. The van der Waals surface area contributed by atoms with Crippen LogP contribution in [-0.4, -0.2) is 42.4 Å². The summed E-state index contributed by atoms with van der Waals surface area (Å²) in [7, 11) is 3.11. The van der Waals surface area contributed by atoms with Crippen molar-refractivity contribution in [3.63, 3.8) is 0 Å². The van der Waals surface area contributed by atoms with E-state index in [-0.39, 0.29) is 12.0 Å². The second-order valence-electron chi connectivity index (χ2n) is 5.35. The Balaban J connectivity index is 2.05. The quantitative estimate of drug-likeness (QED) is 0.828. The smallest absolute Gasteiger partial charge is 0.229 e. The highest BCUT2D eigenvalue weighted by Gasteiger charge is 2.31. The van der Waals surface area contributed by atoms with Crippen molar-refractivity contribution in [1.82, 2.24) is 9.97 Å². The molecule has 0 saturated heterocycles. The van der Waals surface area contributed by atoms with E-state index in [0.29, 0.717) is 24.3 Å². The Labute approximate surface area is 119 Å². The third-order valence-electron chi connectivity index (χ3n) is 3.97. The van der Waals surface area contributed by atoms with Crippen LogP contribution in [-0.2, 0) is 0 Å². The van der Waals surface area contributed by atoms with E-state index >= 15 is 0 Å². The van der Waals surface area contributed by atoms with E-state index in [1.165, 1.54) is 19.3 Å². The van der Waals surface area contributed by atoms with Crippen molar-refractivity contribution < 1.29 is 14.6 Å². The summed E-state index contributed by atoms with van der Waals surface area (Å²) in [6, 6.07) is 1.63. The van der Waals surface area contributed by atoms with Gasteiger partial charge in [0.2, 0.25) is 17.7 Å². The maximum atomic E-state index is 9.69. The van der Waals surface area contributed by atoms with Gasteiger partial charge in [-0.25, -0.2) is 0 Å². The van der Waals surface area contributed by atoms with Crippen molar-refractivity contribution in [3.05, 3.63) is 6.07 Å². The van der Waals surface area contributed by atoms with Crippen LogP contribution in [0.1, 0.15) is 32.1 Å². The molecule has 2 rings (SSSR count). The molecule has 0 amide bonds. The van der Waals surface area contributed by atoms with Crippen LogP contribution in [0.4, 0.5) is 5.95 Å². The van der Waals surface area contributed by atoms with E-state index in [2.05, 4.69) is 15.3 Å². The Morgan fingerprint density at radius 1 is 1.15 bits per heavy atom. The molecular weight excluding hydrogens is 258 g/mol. The van der Waals surface area contributed by atoms with Crippen molar-refractivity contribution in [1.29, 1.82) is 0 Å². The molecule has 1 aromatic heterocycles. The number of hydrogen-bond donors (Lipinski definition) is 2. The van der Waals surface area contributed by atoms with Gasteiger partial charge in [-0.15, -0.1) is 0 Å². The van der Waals surface area contributed by atoms with Crippen molar-refractivity contribution >= 4 is 5.95 Å². The fraction of sp³-hybridized carbons (Fsp3) is 0.714. The van der Waals surface area contributed by atoms with Crippen LogP contribution in [0.5, 0.6) is 11.8 Å². The van der Waals surface area contributed by atoms with Crippen LogP contribution < -0.4 is 14.8 Å². The third-order valence-corrected chi connectivity index (χ3v) is 3.97. The van der Waals surface area contributed by atoms with E-state index in [1.54, 1.807) is 20.3 Å². The summed E-state index contributed by atoms with van der Waals surface area (Å²) >= 11 is 0. The van der Waals surface area contributed by atoms with Gasteiger partial charge in [0, 0.05) is 12.0 Å². The lowest BCUT2D eigenvalue weighted by Gasteiger charge is -2.35. The number of methoxy groups -OCH3 is 2. The number of nitrogens with one attached hydrogen (secondary N) is 1. The number of anilines is 1. The Hall–Kier alpha value is -1.56. The highest BCUT2D eigenvalue weighted by Crippen LogP contribution is 2.35. The van der Waals surface area contributed by atoms with Gasteiger partial charge in [0.05, 0.1) is 26.9 Å². The molecule has 112 valence electrons. The first-order valence-electron chi connectivity index (χ1n) is 7.03. The van der Waals surface area contributed by atoms with Crippen LogP contribution >= 0.6 is 0 Å². The normalized spacial score (nSPS) is 17.6. The van der Waals surface area contributed by atoms with Crippen molar-refractivity contribution in [2.24, 2.45) is 5.41 Å². The summed E-state index contributed by atoms with van der Waals surface area (Å²) in [4.78, 5) is 8.49. The first-order chi connectivity index (χ1) is 9.71. The van der Waals surface area contributed by atoms with Gasteiger partial charge in [0.25, 0.3) is 0 Å². The summed E-state index contributed by atoms with van der Waals surface area (Å²) < 4.78 is 10.2. The molecule has 1 fully saturated rings. The summed E-state index contributed by atoms with van der Waals surface area (Å²) in [6.07, 6.45) is 5.68. The molecule has 1 saturated carbocycles. The number of aliphatic hydroxyl groups excluding tert-OH is 1. The average molecular weight is 281 g/mol. The van der Waals surface area contributed by atoms with E-state index in [0.717, 1.165) is 12.8 Å². The lowest BCUT2D eigenvalue weighted by atomic mass is 9.74. The molecule has 0 spiro atoms. The van der Waals surface area contributed by atoms with Crippen molar-refractivity contribution in [2.75, 3.05) is 32.7 Å². The molecule has 0 aromatic carbocycles. The first kappa shape index (κ1) is 14.8. The summed E-state index contributed by atoms with van der Waals surface area (Å²) in [6.45, 7) is 0.862. The molecule has 1 aliphatic carbocycles. The van der Waals surface area contributed by atoms with Gasteiger partial charge in [-0.2, -0.15) is 9.97 Å². The van der Waals surface area contributed by atoms with Gasteiger partial charge in [0.15, 0.2) is 0 Å². The standard InChI is InChI=1S/C14H23N3O3/c1-19-11-8-12(20-2)17-13(16-11)15-9-14(10-18)6-4-3-5-7-14/h8,18H,3-7,9-10H2,1-2H3,(H,15,16,17). The summed E-state index contributed by atoms with van der Waals surface area (Å²) in [5.74, 6) is 1.39. The highest BCUT2D eigenvalue weighted by molar-refractivity contribution is 5.33. The van der Waals surface area contributed by atoms with Crippen LogP contribution in [0.25, 0.3) is 0 Å². The van der Waals surface area contributed by atoms with E-state index in [9.17, 15) is 5.11 Å². The minimum absolute atomic E-state index is 0.0576. The molecule has 0 bridgehead atoms. The maximum Gasteiger partial charge on any atom is 0.229 e. The molecule has 1 heterocycles. The Morgan fingerprint density at radius 2 is 1.75 bits per heavy atom. The Morgan fingerprint density at radius 3 is 2.25 bits per heavy atom. The summed E-state index contributed by atoms with van der Waals surface area (Å²) in [5, 5.41) is 12.9. The second kappa shape index (κ2) is 6.74. The molecule has 1 aromatic rings.